The highest BCUT2D eigenvalue weighted by atomic mass is 15.2. The lowest BCUT2D eigenvalue weighted by Gasteiger charge is -2.03. The van der Waals surface area contributed by atoms with E-state index < -0.39 is 0 Å². The minimum atomic E-state index is 0.700. The van der Waals surface area contributed by atoms with Crippen LogP contribution >= 0.6 is 0 Å². The first-order valence-corrected chi connectivity index (χ1v) is 4.39. The number of pyridine rings is 1. The number of hydrogen-bond donors (Lipinski definition) is 1. The largest absolute Gasteiger partial charge is 0.397 e. The average molecular weight is 188 g/mol. The van der Waals surface area contributed by atoms with Crippen LogP contribution in [0, 0.1) is 6.92 Å². The summed E-state index contributed by atoms with van der Waals surface area (Å²) >= 11 is 0. The third-order valence-electron chi connectivity index (χ3n) is 2.16. The predicted octanol–water partition coefficient (Wildman–Crippen LogP) is 1.37. The van der Waals surface area contributed by atoms with Crippen molar-refractivity contribution in [2.75, 3.05) is 5.73 Å². The summed E-state index contributed by atoms with van der Waals surface area (Å²) in [6, 6.07) is 3.79. The summed E-state index contributed by atoms with van der Waals surface area (Å²) in [6.45, 7) is 1.96. The van der Waals surface area contributed by atoms with Gasteiger partial charge in [-0.3, -0.25) is 9.67 Å². The molecule has 0 atom stereocenters. The molecule has 0 unspecified atom stereocenters. The van der Waals surface area contributed by atoms with Gasteiger partial charge in [-0.2, -0.15) is 5.10 Å². The SMILES string of the molecule is Cc1ccnc(-c2ccn(C)n2)c1N. The van der Waals surface area contributed by atoms with Gasteiger partial charge in [0.05, 0.1) is 5.69 Å². The highest BCUT2D eigenvalue weighted by Gasteiger charge is 2.07. The summed E-state index contributed by atoms with van der Waals surface area (Å²) < 4.78 is 1.73. The van der Waals surface area contributed by atoms with Crippen LogP contribution in [0.5, 0.6) is 0 Å². The second kappa shape index (κ2) is 3.14. The zero-order chi connectivity index (χ0) is 10.1. The molecule has 0 aliphatic carbocycles. The second-order valence-corrected chi connectivity index (χ2v) is 3.26. The van der Waals surface area contributed by atoms with Gasteiger partial charge >= 0.3 is 0 Å². The monoisotopic (exact) mass is 188 g/mol. The van der Waals surface area contributed by atoms with Crippen molar-refractivity contribution in [1.82, 2.24) is 14.8 Å². The number of hydrogen-bond acceptors (Lipinski definition) is 3. The Morgan fingerprint density at radius 1 is 1.36 bits per heavy atom. The van der Waals surface area contributed by atoms with Crippen LogP contribution in [0.3, 0.4) is 0 Å². The molecule has 0 spiro atoms. The average Bonchev–Trinajstić information content (AvgIpc) is 2.57. The molecule has 72 valence electrons. The van der Waals surface area contributed by atoms with Gasteiger partial charge in [-0.1, -0.05) is 0 Å². The lowest BCUT2D eigenvalue weighted by Crippen LogP contribution is -1.97. The quantitative estimate of drug-likeness (QED) is 0.735. The summed E-state index contributed by atoms with van der Waals surface area (Å²) in [7, 11) is 1.87. The first-order chi connectivity index (χ1) is 6.68. The third-order valence-corrected chi connectivity index (χ3v) is 2.16. The zero-order valence-corrected chi connectivity index (χ0v) is 8.23. The zero-order valence-electron chi connectivity index (χ0n) is 8.23. The van der Waals surface area contributed by atoms with E-state index in [9.17, 15) is 0 Å². The topological polar surface area (TPSA) is 56.7 Å². The van der Waals surface area contributed by atoms with E-state index in [0.29, 0.717) is 5.69 Å². The molecule has 0 fully saturated rings. The van der Waals surface area contributed by atoms with Gasteiger partial charge in [0.15, 0.2) is 0 Å². The standard InChI is InChI=1S/C10H12N4/c1-7-3-5-12-10(9(7)11)8-4-6-14(2)13-8/h3-6H,11H2,1-2H3. The summed E-state index contributed by atoms with van der Waals surface area (Å²) in [4.78, 5) is 4.22. The normalized spacial score (nSPS) is 10.4. The minimum Gasteiger partial charge on any atom is -0.397 e. The number of aryl methyl sites for hydroxylation is 2. The minimum absolute atomic E-state index is 0.700. The van der Waals surface area contributed by atoms with Crippen molar-refractivity contribution in [2.45, 2.75) is 6.92 Å². The van der Waals surface area contributed by atoms with E-state index in [4.69, 9.17) is 5.73 Å². The molecule has 0 saturated carbocycles. The molecule has 2 aromatic rings. The van der Waals surface area contributed by atoms with Crippen molar-refractivity contribution in [3.63, 3.8) is 0 Å². The fourth-order valence-corrected chi connectivity index (χ4v) is 1.32. The van der Waals surface area contributed by atoms with Gasteiger partial charge in [0, 0.05) is 19.4 Å². The Bertz CT molecular complexity index is 459. The molecular formula is C10H12N4. The molecule has 0 saturated heterocycles. The third kappa shape index (κ3) is 1.35. The molecule has 14 heavy (non-hydrogen) atoms. The van der Waals surface area contributed by atoms with E-state index in [1.807, 2.05) is 32.3 Å². The van der Waals surface area contributed by atoms with Crippen LogP contribution in [-0.4, -0.2) is 14.8 Å². The Balaban J connectivity index is 2.57. The van der Waals surface area contributed by atoms with E-state index in [0.717, 1.165) is 17.0 Å². The van der Waals surface area contributed by atoms with E-state index in [-0.39, 0.29) is 0 Å². The Morgan fingerprint density at radius 3 is 2.79 bits per heavy atom. The van der Waals surface area contributed by atoms with Crippen LogP contribution in [0.1, 0.15) is 5.56 Å². The molecule has 2 rings (SSSR count). The van der Waals surface area contributed by atoms with Gasteiger partial charge in [0.2, 0.25) is 0 Å². The fraction of sp³-hybridized carbons (Fsp3) is 0.200. The summed E-state index contributed by atoms with van der Waals surface area (Å²) in [5, 5.41) is 4.26. The Hall–Kier alpha value is -1.84. The van der Waals surface area contributed by atoms with Crippen LogP contribution in [-0.2, 0) is 7.05 Å². The summed E-state index contributed by atoms with van der Waals surface area (Å²) in [6.07, 6.45) is 3.62. The number of anilines is 1. The van der Waals surface area contributed by atoms with Gasteiger partial charge in [-0.15, -0.1) is 0 Å². The Kier molecular flexibility index (Phi) is 1.96. The maximum atomic E-state index is 5.91. The van der Waals surface area contributed by atoms with E-state index in [1.165, 1.54) is 0 Å². The fourth-order valence-electron chi connectivity index (χ4n) is 1.32. The Morgan fingerprint density at radius 2 is 2.14 bits per heavy atom. The van der Waals surface area contributed by atoms with Gasteiger partial charge in [-0.25, -0.2) is 0 Å². The van der Waals surface area contributed by atoms with E-state index in [2.05, 4.69) is 10.1 Å². The van der Waals surface area contributed by atoms with Crippen molar-refractivity contribution >= 4 is 5.69 Å². The predicted molar refractivity (Wildman–Crippen MR) is 55.6 cm³/mol. The van der Waals surface area contributed by atoms with Gasteiger partial charge in [0.25, 0.3) is 0 Å². The first kappa shape index (κ1) is 8.74. The molecule has 4 heteroatoms. The molecule has 2 heterocycles. The molecule has 0 aliphatic rings. The van der Waals surface area contributed by atoms with E-state index in [1.54, 1.807) is 10.9 Å². The molecule has 0 amide bonds. The molecule has 0 bridgehead atoms. The van der Waals surface area contributed by atoms with Gasteiger partial charge in [-0.05, 0) is 24.6 Å². The maximum Gasteiger partial charge on any atom is 0.114 e. The molecule has 2 N–H and O–H groups in total. The Labute approximate surface area is 82.4 Å². The molecule has 0 aromatic carbocycles. The maximum absolute atomic E-state index is 5.91. The second-order valence-electron chi connectivity index (χ2n) is 3.26. The van der Waals surface area contributed by atoms with Crippen molar-refractivity contribution in [3.8, 4) is 11.4 Å². The van der Waals surface area contributed by atoms with Crippen LogP contribution in [0.15, 0.2) is 24.5 Å². The van der Waals surface area contributed by atoms with Crippen molar-refractivity contribution in [3.05, 3.63) is 30.1 Å². The van der Waals surface area contributed by atoms with Crippen molar-refractivity contribution in [1.29, 1.82) is 0 Å². The number of nitrogens with zero attached hydrogens (tertiary/aromatic N) is 3. The highest BCUT2D eigenvalue weighted by Crippen LogP contribution is 2.23. The van der Waals surface area contributed by atoms with Crippen LogP contribution in [0.2, 0.25) is 0 Å². The van der Waals surface area contributed by atoms with Gasteiger partial charge < -0.3 is 5.73 Å². The van der Waals surface area contributed by atoms with Gasteiger partial charge in [0.1, 0.15) is 11.4 Å². The first-order valence-electron chi connectivity index (χ1n) is 4.39. The molecule has 2 aromatic heterocycles. The summed E-state index contributed by atoms with van der Waals surface area (Å²) in [5.41, 5.74) is 9.21. The molecule has 4 nitrogen and oxygen atoms in total. The number of nitrogen functional groups attached to an aromatic ring is 1. The van der Waals surface area contributed by atoms with Crippen molar-refractivity contribution in [2.24, 2.45) is 7.05 Å². The van der Waals surface area contributed by atoms with Crippen molar-refractivity contribution < 1.29 is 0 Å². The lowest BCUT2D eigenvalue weighted by molar-refractivity contribution is 0.770. The van der Waals surface area contributed by atoms with Crippen LogP contribution < -0.4 is 5.73 Å². The number of rotatable bonds is 1. The summed E-state index contributed by atoms with van der Waals surface area (Å²) in [5.74, 6) is 0. The van der Waals surface area contributed by atoms with Crippen LogP contribution in [0.4, 0.5) is 5.69 Å². The number of aromatic nitrogens is 3. The smallest absolute Gasteiger partial charge is 0.114 e. The molecule has 0 radical (unpaired) electrons. The number of nitrogens with two attached hydrogens (primary N) is 1. The van der Waals surface area contributed by atoms with E-state index >= 15 is 0 Å². The molecular weight excluding hydrogens is 176 g/mol. The van der Waals surface area contributed by atoms with Crippen LogP contribution in [0.25, 0.3) is 11.4 Å². The molecule has 0 aliphatic heterocycles. The lowest BCUT2D eigenvalue weighted by atomic mass is 10.1. The highest BCUT2D eigenvalue weighted by molar-refractivity contribution is 5.71.